The van der Waals surface area contributed by atoms with Gasteiger partial charge in [0.15, 0.2) is 0 Å². The van der Waals surface area contributed by atoms with E-state index in [-0.39, 0.29) is 5.91 Å². The number of nitrogens with zero attached hydrogens (tertiary/aromatic N) is 1. The second-order valence-electron chi connectivity index (χ2n) is 7.34. The van der Waals surface area contributed by atoms with Gasteiger partial charge in [-0.15, -0.1) is 0 Å². The molecule has 0 saturated heterocycles. The molecule has 0 radical (unpaired) electrons. The van der Waals surface area contributed by atoms with Crippen LogP contribution in [0.25, 0.3) is 5.70 Å². The van der Waals surface area contributed by atoms with Crippen molar-refractivity contribution >= 4 is 11.6 Å². The molecule has 0 saturated carbocycles. The number of hydrogen-bond donors (Lipinski definition) is 0. The number of benzene rings is 2. The van der Waals surface area contributed by atoms with Gasteiger partial charge in [-0.25, -0.2) is 0 Å². The quantitative estimate of drug-likeness (QED) is 0.682. The maximum atomic E-state index is 13.3. The van der Waals surface area contributed by atoms with Gasteiger partial charge >= 0.3 is 6.18 Å². The number of hydrogen-bond acceptors (Lipinski definition) is 2. The topological polar surface area (TPSA) is 29.5 Å². The Morgan fingerprint density at radius 2 is 1.78 bits per heavy atom. The molecule has 140 valence electrons. The molecule has 2 heterocycles. The van der Waals surface area contributed by atoms with Crippen molar-refractivity contribution in [3.8, 4) is 5.75 Å². The van der Waals surface area contributed by atoms with Crippen LogP contribution in [0.15, 0.2) is 48.0 Å². The Morgan fingerprint density at radius 3 is 2.44 bits per heavy atom. The summed E-state index contributed by atoms with van der Waals surface area (Å²) in [4.78, 5) is 14.5. The fourth-order valence-corrected chi connectivity index (χ4v) is 3.60. The summed E-state index contributed by atoms with van der Waals surface area (Å²) in [6, 6.07) is 10.6. The van der Waals surface area contributed by atoms with Gasteiger partial charge in [0.25, 0.3) is 5.91 Å². The fourth-order valence-electron chi connectivity index (χ4n) is 3.60. The summed E-state index contributed by atoms with van der Waals surface area (Å²) >= 11 is 0. The van der Waals surface area contributed by atoms with Gasteiger partial charge < -0.3 is 9.64 Å². The van der Waals surface area contributed by atoms with Crippen molar-refractivity contribution in [2.75, 3.05) is 0 Å². The number of rotatable bonds is 1. The van der Waals surface area contributed by atoms with E-state index in [2.05, 4.69) is 0 Å². The van der Waals surface area contributed by atoms with Crippen molar-refractivity contribution in [3.05, 3.63) is 70.3 Å². The highest BCUT2D eigenvalue weighted by atomic mass is 19.4. The molecule has 0 aromatic heterocycles. The third-order valence-corrected chi connectivity index (χ3v) is 5.28. The van der Waals surface area contributed by atoms with E-state index in [1.165, 1.54) is 6.07 Å². The van der Waals surface area contributed by atoms with Gasteiger partial charge in [0, 0.05) is 11.1 Å². The Labute approximate surface area is 155 Å². The number of carbonyl (C=O) groups is 1. The lowest BCUT2D eigenvalue weighted by Crippen LogP contribution is -2.37. The molecule has 0 unspecified atom stereocenters. The molecule has 1 amide bonds. The van der Waals surface area contributed by atoms with E-state index in [1.807, 2.05) is 26.0 Å². The molecule has 0 atom stereocenters. The van der Waals surface area contributed by atoms with Gasteiger partial charge in [-0.1, -0.05) is 18.2 Å². The Morgan fingerprint density at radius 1 is 1.07 bits per heavy atom. The molecule has 4 rings (SSSR count). The van der Waals surface area contributed by atoms with Crippen molar-refractivity contribution in [2.24, 2.45) is 0 Å². The second kappa shape index (κ2) is 5.62. The third kappa shape index (κ3) is 2.71. The highest BCUT2D eigenvalue weighted by molar-refractivity contribution is 6.04. The third-order valence-electron chi connectivity index (χ3n) is 5.28. The summed E-state index contributed by atoms with van der Waals surface area (Å²) in [5.74, 6) is 0.137. The van der Waals surface area contributed by atoms with E-state index in [0.717, 1.165) is 23.3 Å². The first-order valence-electron chi connectivity index (χ1n) is 8.61. The van der Waals surface area contributed by atoms with Crippen LogP contribution in [0.3, 0.4) is 0 Å². The lowest BCUT2D eigenvalue weighted by atomic mass is 9.89. The van der Waals surface area contributed by atoms with Gasteiger partial charge in [0.2, 0.25) is 0 Å². The zero-order chi connectivity index (χ0) is 19.6. The molecule has 27 heavy (non-hydrogen) atoms. The number of fused-ring (bicyclic) bond motifs is 2. The molecule has 0 aliphatic carbocycles. The van der Waals surface area contributed by atoms with E-state index < -0.39 is 17.3 Å². The van der Waals surface area contributed by atoms with E-state index in [0.29, 0.717) is 29.1 Å². The number of alkyl halides is 3. The average Bonchev–Trinajstić information content (AvgIpc) is 2.91. The first kappa shape index (κ1) is 17.6. The van der Waals surface area contributed by atoms with Gasteiger partial charge in [-0.05, 0) is 56.2 Å². The molecular formula is C21H18F3NO2. The van der Waals surface area contributed by atoms with Crippen molar-refractivity contribution in [3.63, 3.8) is 0 Å². The summed E-state index contributed by atoms with van der Waals surface area (Å²) < 4.78 is 45.7. The van der Waals surface area contributed by atoms with Crippen molar-refractivity contribution in [1.29, 1.82) is 0 Å². The highest BCUT2D eigenvalue weighted by Crippen LogP contribution is 2.46. The molecule has 0 spiro atoms. The summed E-state index contributed by atoms with van der Waals surface area (Å²) in [7, 11) is 0. The molecule has 2 aliphatic rings. The lowest BCUT2D eigenvalue weighted by Gasteiger charge is -2.38. The predicted octanol–water partition coefficient (Wildman–Crippen LogP) is 5.26. The number of ether oxygens (including phenoxy) is 1. The summed E-state index contributed by atoms with van der Waals surface area (Å²) in [5.41, 5.74) is 1.44. The average molecular weight is 373 g/mol. The van der Waals surface area contributed by atoms with Crippen LogP contribution in [-0.4, -0.2) is 16.4 Å². The van der Waals surface area contributed by atoms with Crippen LogP contribution in [-0.2, 0) is 12.7 Å². The molecule has 0 fully saturated rings. The Kier molecular flexibility index (Phi) is 3.67. The molecule has 2 aromatic rings. The first-order valence-corrected chi connectivity index (χ1v) is 8.61. The Bertz CT molecular complexity index is 989. The SMILES string of the molecule is CC1=C(N2Cc3ccccc3C2=O)c2cc(C(F)(F)F)ccc2OC1(C)C. The molecule has 2 aliphatic heterocycles. The first-order chi connectivity index (χ1) is 12.6. The van der Waals surface area contributed by atoms with Crippen LogP contribution in [0, 0.1) is 0 Å². The zero-order valence-electron chi connectivity index (χ0n) is 15.1. The van der Waals surface area contributed by atoms with E-state index >= 15 is 0 Å². The summed E-state index contributed by atoms with van der Waals surface area (Å²) in [6.07, 6.45) is -4.47. The normalized spacial score (nSPS) is 18.3. The summed E-state index contributed by atoms with van der Waals surface area (Å²) in [6.45, 7) is 5.81. The second-order valence-corrected chi connectivity index (χ2v) is 7.34. The molecule has 0 N–H and O–H groups in total. The predicted molar refractivity (Wildman–Crippen MR) is 95.1 cm³/mol. The van der Waals surface area contributed by atoms with Crippen LogP contribution in [0.5, 0.6) is 5.75 Å². The van der Waals surface area contributed by atoms with Gasteiger partial charge in [-0.2, -0.15) is 13.2 Å². The largest absolute Gasteiger partial charge is 0.483 e. The van der Waals surface area contributed by atoms with E-state index in [9.17, 15) is 18.0 Å². The Hall–Kier alpha value is -2.76. The maximum absolute atomic E-state index is 13.3. The molecule has 0 bridgehead atoms. The van der Waals surface area contributed by atoms with Gasteiger partial charge in [0.1, 0.15) is 11.4 Å². The lowest BCUT2D eigenvalue weighted by molar-refractivity contribution is -0.137. The number of amides is 1. The molecule has 6 heteroatoms. The minimum absolute atomic E-state index is 0.207. The number of halogens is 3. The summed E-state index contributed by atoms with van der Waals surface area (Å²) in [5, 5.41) is 0. The van der Waals surface area contributed by atoms with Crippen LogP contribution in [0.2, 0.25) is 0 Å². The standard InChI is InChI=1S/C21H18F3NO2/c1-12-18(25-11-13-6-4-5-7-15(13)19(25)26)16-10-14(21(22,23)24)8-9-17(16)27-20(12,2)3/h4-10H,11H2,1-3H3. The minimum Gasteiger partial charge on any atom is -0.483 e. The van der Waals surface area contributed by atoms with E-state index in [1.54, 1.807) is 24.0 Å². The van der Waals surface area contributed by atoms with Crippen LogP contribution in [0.1, 0.15) is 47.8 Å². The van der Waals surface area contributed by atoms with Crippen molar-refractivity contribution in [2.45, 2.75) is 39.1 Å². The van der Waals surface area contributed by atoms with E-state index in [4.69, 9.17) is 4.74 Å². The zero-order valence-corrected chi connectivity index (χ0v) is 15.1. The maximum Gasteiger partial charge on any atom is 0.416 e. The van der Waals surface area contributed by atoms with Crippen LogP contribution in [0.4, 0.5) is 13.2 Å². The van der Waals surface area contributed by atoms with Crippen LogP contribution >= 0.6 is 0 Å². The highest BCUT2D eigenvalue weighted by Gasteiger charge is 2.41. The molecule has 3 nitrogen and oxygen atoms in total. The Balaban J connectivity index is 1.90. The monoisotopic (exact) mass is 373 g/mol. The molecule has 2 aromatic carbocycles. The van der Waals surface area contributed by atoms with Crippen LogP contribution < -0.4 is 4.74 Å². The molecular weight excluding hydrogens is 355 g/mol. The van der Waals surface area contributed by atoms with Gasteiger partial charge in [-0.3, -0.25) is 4.79 Å². The van der Waals surface area contributed by atoms with Crippen molar-refractivity contribution in [1.82, 2.24) is 4.90 Å². The van der Waals surface area contributed by atoms with Crippen molar-refractivity contribution < 1.29 is 22.7 Å². The smallest absolute Gasteiger partial charge is 0.416 e. The van der Waals surface area contributed by atoms with Gasteiger partial charge in [0.05, 0.1) is 17.8 Å². The number of carbonyl (C=O) groups excluding carboxylic acids is 1. The fraction of sp³-hybridized carbons (Fsp3) is 0.286. The minimum atomic E-state index is -4.47.